The Labute approximate surface area is 86.8 Å². The molecule has 0 aliphatic heterocycles. The molecule has 0 aliphatic rings. The molecule has 1 rings (SSSR count). The van der Waals surface area contributed by atoms with Crippen LogP contribution in [0.2, 0.25) is 0 Å². The van der Waals surface area contributed by atoms with Gasteiger partial charge in [-0.2, -0.15) is 0 Å². The predicted octanol–water partition coefficient (Wildman–Crippen LogP) is 3.01. The zero-order chi connectivity index (χ0) is 10.6. The first-order valence-corrected chi connectivity index (χ1v) is 5.37. The van der Waals surface area contributed by atoms with Gasteiger partial charge in [0, 0.05) is 0 Å². The van der Waals surface area contributed by atoms with Crippen LogP contribution in [0, 0.1) is 13.8 Å². The highest BCUT2D eigenvalue weighted by Crippen LogP contribution is 2.14. The maximum absolute atomic E-state index is 9.72. The molecule has 1 aromatic rings. The lowest BCUT2D eigenvalue weighted by Crippen LogP contribution is -2.10. The molecule has 1 heteroatoms. The molecule has 0 heterocycles. The summed E-state index contributed by atoms with van der Waals surface area (Å²) in [7, 11) is 0. The van der Waals surface area contributed by atoms with Gasteiger partial charge in [0.25, 0.3) is 0 Å². The van der Waals surface area contributed by atoms with Crippen LogP contribution in [-0.2, 0) is 6.42 Å². The zero-order valence-corrected chi connectivity index (χ0v) is 9.38. The Balaban J connectivity index is 2.70. The highest BCUT2D eigenvalue weighted by Gasteiger charge is 2.06. The van der Waals surface area contributed by atoms with E-state index in [4.69, 9.17) is 0 Å². The van der Waals surface area contributed by atoms with Crippen molar-refractivity contribution < 1.29 is 5.11 Å². The molecule has 1 atom stereocenters. The standard InChI is InChI=1S/C13H20O/c1-4-5-13(14)9-12-8-10(2)6-7-11(12)3/h6-8,13-14H,4-5,9H2,1-3H3. The van der Waals surface area contributed by atoms with Gasteiger partial charge in [-0.15, -0.1) is 0 Å². The molecule has 14 heavy (non-hydrogen) atoms. The number of rotatable bonds is 4. The molecule has 0 saturated carbocycles. The number of hydrogen-bond acceptors (Lipinski definition) is 1. The summed E-state index contributed by atoms with van der Waals surface area (Å²) in [6.45, 7) is 6.30. The van der Waals surface area contributed by atoms with Crippen LogP contribution in [0.5, 0.6) is 0 Å². The largest absolute Gasteiger partial charge is 0.393 e. The van der Waals surface area contributed by atoms with Crippen molar-refractivity contribution >= 4 is 0 Å². The minimum absolute atomic E-state index is 0.180. The third kappa shape index (κ3) is 3.15. The van der Waals surface area contributed by atoms with Gasteiger partial charge in [0.05, 0.1) is 6.10 Å². The normalized spacial score (nSPS) is 12.9. The minimum Gasteiger partial charge on any atom is -0.393 e. The van der Waals surface area contributed by atoms with Crippen molar-refractivity contribution in [2.45, 2.75) is 46.1 Å². The number of aryl methyl sites for hydroxylation is 2. The topological polar surface area (TPSA) is 20.2 Å². The Morgan fingerprint density at radius 1 is 1.29 bits per heavy atom. The van der Waals surface area contributed by atoms with Gasteiger partial charge in [0.2, 0.25) is 0 Å². The summed E-state index contributed by atoms with van der Waals surface area (Å²) in [5.41, 5.74) is 3.84. The molecular formula is C13H20O. The molecule has 1 N–H and O–H groups in total. The summed E-state index contributed by atoms with van der Waals surface area (Å²) in [6.07, 6.45) is 2.56. The van der Waals surface area contributed by atoms with Crippen LogP contribution in [-0.4, -0.2) is 11.2 Å². The molecule has 1 unspecified atom stereocenters. The van der Waals surface area contributed by atoms with Crippen LogP contribution in [0.25, 0.3) is 0 Å². The molecule has 0 radical (unpaired) electrons. The molecule has 0 saturated heterocycles. The highest BCUT2D eigenvalue weighted by molar-refractivity contribution is 5.30. The fourth-order valence-corrected chi connectivity index (χ4v) is 1.71. The van der Waals surface area contributed by atoms with Crippen LogP contribution >= 0.6 is 0 Å². The molecule has 0 bridgehead atoms. The third-order valence-electron chi connectivity index (χ3n) is 2.58. The Hall–Kier alpha value is -0.820. The summed E-state index contributed by atoms with van der Waals surface area (Å²) < 4.78 is 0. The summed E-state index contributed by atoms with van der Waals surface area (Å²) >= 11 is 0. The van der Waals surface area contributed by atoms with E-state index in [1.54, 1.807) is 0 Å². The lowest BCUT2D eigenvalue weighted by atomic mass is 9.98. The van der Waals surface area contributed by atoms with Gasteiger partial charge >= 0.3 is 0 Å². The number of aliphatic hydroxyl groups is 1. The van der Waals surface area contributed by atoms with E-state index in [0.717, 1.165) is 19.3 Å². The third-order valence-corrected chi connectivity index (χ3v) is 2.58. The van der Waals surface area contributed by atoms with E-state index in [1.165, 1.54) is 16.7 Å². The van der Waals surface area contributed by atoms with E-state index >= 15 is 0 Å². The van der Waals surface area contributed by atoms with E-state index in [9.17, 15) is 5.11 Å². The molecule has 78 valence electrons. The first-order chi connectivity index (χ1) is 6.63. The molecule has 0 spiro atoms. The van der Waals surface area contributed by atoms with E-state index < -0.39 is 0 Å². The van der Waals surface area contributed by atoms with Crippen molar-refractivity contribution in [3.63, 3.8) is 0 Å². The first kappa shape index (κ1) is 11.3. The second-order valence-electron chi connectivity index (χ2n) is 4.08. The van der Waals surface area contributed by atoms with Gasteiger partial charge in [-0.25, -0.2) is 0 Å². The number of hydrogen-bond donors (Lipinski definition) is 1. The molecule has 1 aromatic carbocycles. The average molecular weight is 192 g/mol. The van der Waals surface area contributed by atoms with Gasteiger partial charge < -0.3 is 5.11 Å². The quantitative estimate of drug-likeness (QED) is 0.777. The molecular weight excluding hydrogens is 172 g/mol. The van der Waals surface area contributed by atoms with Crippen molar-refractivity contribution in [2.75, 3.05) is 0 Å². The van der Waals surface area contributed by atoms with E-state index in [2.05, 4.69) is 39.0 Å². The number of benzene rings is 1. The smallest absolute Gasteiger partial charge is 0.0580 e. The van der Waals surface area contributed by atoms with E-state index in [0.29, 0.717) is 0 Å². The zero-order valence-electron chi connectivity index (χ0n) is 9.38. The average Bonchev–Trinajstić information content (AvgIpc) is 2.12. The fraction of sp³-hybridized carbons (Fsp3) is 0.538. The van der Waals surface area contributed by atoms with Crippen LogP contribution < -0.4 is 0 Å². The van der Waals surface area contributed by atoms with Gasteiger partial charge in [0.15, 0.2) is 0 Å². The van der Waals surface area contributed by atoms with E-state index in [1.807, 2.05) is 0 Å². The van der Waals surface area contributed by atoms with E-state index in [-0.39, 0.29) is 6.10 Å². The van der Waals surface area contributed by atoms with Crippen molar-refractivity contribution in [1.29, 1.82) is 0 Å². The minimum atomic E-state index is -0.180. The van der Waals surface area contributed by atoms with Crippen molar-refractivity contribution in [2.24, 2.45) is 0 Å². The highest BCUT2D eigenvalue weighted by atomic mass is 16.3. The monoisotopic (exact) mass is 192 g/mol. The summed E-state index contributed by atoms with van der Waals surface area (Å²) in [6, 6.07) is 6.42. The summed E-state index contributed by atoms with van der Waals surface area (Å²) in [5.74, 6) is 0. The molecule has 0 aliphatic carbocycles. The van der Waals surface area contributed by atoms with Gasteiger partial charge in [-0.3, -0.25) is 0 Å². The maximum Gasteiger partial charge on any atom is 0.0580 e. The maximum atomic E-state index is 9.72. The second-order valence-corrected chi connectivity index (χ2v) is 4.08. The lowest BCUT2D eigenvalue weighted by Gasteiger charge is -2.12. The molecule has 1 nitrogen and oxygen atoms in total. The van der Waals surface area contributed by atoms with Gasteiger partial charge in [0.1, 0.15) is 0 Å². The Kier molecular flexibility index (Phi) is 4.15. The van der Waals surface area contributed by atoms with Crippen LogP contribution in [0.4, 0.5) is 0 Å². The SMILES string of the molecule is CCCC(O)Cc1cc(C)ccc1C. The Bertz CT molecular complexity index is 291. The van der Waals surface area contributed by atoms with Crippen molar-refractivity contribution in [3.8, 4) is 0 Å². The number of aliphatic hydroxyl groups excluding tert-OH is 1. The van der Waals surface area contributed by atoms with Crippen LogP contribution in [0.15, 0.2) is 18.2 Å². The second kappa shape index (κ2) is 5.16. The van der Waals surface area contributed by atoms with Crippen molar-refractivity contribution in [1.82, 2.24) is 0 Å². The van der Waals surface area contributed by atoms with Crippen molar-refractivity contribution in [3.05, 3.63) is 34.9 Å². The molecule has 0 aromatic heterocycles. The molecule has 0 fully saturated rings. The Morgan fingerprint density at radius 2 is 2.00 bits per heavy atom. The summed E-state index contributed by atoms with van der Waals surface area (Å²) in [5, 5.41) is 9.72. The summed E-state index contributed by atoms with van der Waals surface area (Å²) in [4.78, 5) is 0. The lowest BCUT2D eigenvalue weighted by molar-refractivity contribution is 0.163. The van der Waals surface area contributed by atoms with Gasteiger partial charge in [-0.05, 0) is 37.8 Å². The van der Waals surface area contributed by atoms with Crippen LogP contribution in [0.3, 0.4) is 0 Å². The van der Waals surface area contributed by atoms with Crippen LogP contribution in [0.1, 0.15) is 36.5 Å². The first-order valence-electron chi connectivity index (χ1n) is 5.37. The molecule has 0 amide bonds. The van der Waals surface area contributed by atoms with Gasteiger partial charge in [-0.1, -0.05) is 37.1 Å². The predicted molar refractivity (Wildman–Crippen MR) is 60.5 cm³/mol. The fourth-order valence-electron chi connectivity index (χ4n) is 1.71. The Morgan fingerprint density at radius 3 is 2.64 bits per heavy atom.